The zero-order valence-corrected chi connectivity index (χ0v) is 20.9. The van der Waals surface area contributed by atoms with E-state index in [0.29, 0.717) is 40.7 Å². The summed E-state index contributed by atoms with van der Waals surface area (Å²) >= 11 is 7.81. The van der Waals surface area contributed by atoms with Gasteiger partial charge in [-0.1, -0.05) is 49.3 Å². The molecule has 1 fully saturated rings. The van der Waals surface area contributed by atoms with Crippen molar-refractivity contribution in [2.75, 3.05) is 0 Å². The van der Waals surface area contributed by atoms with Gasteiger partial charge in [0.2, 0.25) is 0 Å². The first kappa shape index (κ1) is 23.0. The minimum absolute atomic E-state index is 0.294. The molecule has 1 saturated carbocycles. The number of halogens is 1. The molecule has 2 heterocycles. The van der Waals surface area contributed by atoms with Crippen molar-refractivity contribution in [3.05, 3.63) is 80.4 Å². The minimum atomic E-state index is -0.336. The third-order valence-electron chi connectivity index (χ3n) is 6.04. The fraction of sp³-hybridized carbons (Fsp3) is 0.346. The predicted octanol–water partition coefficient (Wildman–Crippen LogP) is 6.68. The van der Waals surface area contributed by atoms with Crippen LogP contribution in [-0.4, -0.2) is 14.8 Å². The molecular weight excluding hydrogens is 470 g/mol. The van der Waals surface area contributed by atoms with E-state index in [0.717, 1.165) is 40.3 Å². The standard InChI is InChI=1S/C26H26ClN3O3S/c1-15(2)19-12-20-17(11-25(31)33-23(20)10-16(19)3)14-34-26-29-28-24(30(26)18-8-9-18)13-32-22-7-5-4-6-21(22)27/h4-7,10-12,15,18H,8-9,13-14H2,1-3H3. The summed E-state index contributed by atoms with van der Waals surface area (Å²) in [6, 6.07) is 13.5. The summed E-state index contributed by atoms with van der Waals surface area (Å²) < 4.78 is 13.6. The van der Waals surface area contributed by atoms with Gasteiger partial charge in [0.15, 0.2) is 11.0 Å². The smallest absolute Gasteiger partial charge is 0.336 e. The van der Waals surface area contributed by atoms with E-state index in [1.807, 2.05) is 24.3 Å². The van der Waals surface area contributed by atoms with Crippen LogP contribution >= 0.6 is 23.4 Å². The van der Waals surface area contributed by atoms with E-state index in [-0.39, 0.29) is 5.63 Å². The monoisotopic (exact) mass is 495 g/mol. The molecule has 0 aliphatic heterocycles. The quantitative estimate of drug-likeness (QED) is 0.201. The lowest BCUT2D eigenvalue weighted by Crippen LogP contribution is -2.07. The molecule has 4 aromatic rings. The Morgan fingerprint density at radius 2 is 2.00 bits per heavy atom. The summed E-state index contributed by atoms with van der Waals surface area (Å²) in [5, 5.41) is 11.2. The molecule has 8 heteroatoms. The summed E-state index contributed by atoms with van der Waals surface area (Å²) in [6.07, 6.45) is 2.19. The van der Waals surface area contributed by atoms with Crippen molar-refractivity contribution in [2.24, 2.45) is 0 Å². The first-order chi connectivity index (χ1) is 16.4. The normalized spacial score (nSPS) is 13.7. The second-order valence-corrected chi connectivity index (χ2v) is 10.3. The molecule has 0 spiro atoms. The van der Waals surface area contributed by atoms with Crippen LogP contribution in [0.2, 0.25) is 5.02 Å². The summed E-state index contributed by atoms with van der Waals surface area (Å²) in [5.41, 5.74) is 3.62. The van der Waals surface area contributed by atoms with Crippen molar-refractivity contribution < 1.29 is 9.15 Å². The average Bonchev–Trinajstić information content (AvgIpc) is 3.56. The topological polar surface area (TPSA) is 70.2 Å². The fourth-order valence-electron chi connectivity index (χ4n) is 4.18. The zero-order chi connectivity index (χ0) is 23.8. The van der Waals surface area contributed by atoms with Gasteiger partial charge in [0, 0.05) is 23.2 Å². The maximum absolute atomic E-state index is 12.2. The Balaban J connectivity index is 1.41. The number of ether oxygens (including phenoxy) is 1. The van der Waals surface area contributed by atoms with Crippen LogP contribution in [0.1, 0.15) is 61.2 Å². The van der Waals surface area contributed by atoms with Crippen LogP contribution < -0.4 is 10.4 Å². The van der Waals surface area contributed by atoms with Crippen LogP contribution in [-0.2, 0) is 12.4 Å². The van der Waals surface area contributed by atoms with Crippen molar-refractivity contribution in [1.29, 1.82) is 0 Å². The highest BCUT2D eigenvalue weighted by atomic mass is 35.5. The lowest BCUT2D eigenvalue weighted by molar-refractivity contribution is 0.288. The maximum Gasteiger partial charge on any atom is 0.336 e. The third kappa shape index (κ3) is 4.72. The maximum atomic E-state index is 12.2. The summed E-state index contributed by atoms with van der Waals surface area (Å²) in [5.74, 6) is 2.39. The molecule has 34 heavy (non-hydrogen) atoms. The van der Waals surface area contributed by atoms with Gasteiger partial charge in [-0.25, -0.2) is 4.79 Å². The Labute approximate surface area is 207 Å². The number of thioether (sulfide) groups is 1. The van der Waals surface area contributed by atoms with Gasteiger partial charge in [0.05, 0.1) is 5.02 Å². The Hall–Kier alpha value is -2.77. The molecule has 1 aliphatic rings. The van der Waals surface area contributed by atoms with Crippen LogP contribution in [0.25, 0.3) is 11.0 Å². The molecule has 0 saturated heterocycles. The lowest BCUT2D eigenvalue weighted by atomic mass is 9.95. The first-order valence-corrected chi connectivity index (χ1v) is 12.8. The predicted molar refractivity (Wildman–Crippen MR) is 135 cm³/mol. The van der Waals surface area contributed by atoms with Crippen LogP contribution in [0.15, 0.2) is 56.8 Å². The van der Waals surface area contributed by atoms with E-state index in [9.17, 15) is 4.79 Å². The number of benzene rings is 2. The van der Waals surface area contributed by atoms with E-state index < -0.39 is 0 Å². The summed E-state index contributed by atoms with van der Waals surface area (Å²) in [4.78, 5) is 12.2. The molecule has 176 valence electrons. The van der Waals surface area contributed by atoms with E-state index in [1.54, 1.807) is 23.9 Å². The number of para-hydroxylation sites is 1. The average molecular weight is 496 g/mol. The van der Waals surface area contributed by atoms with Crippen LogP contribution in [0.4, 0.5) is 0 Å². The van der Waals surface area contributed by atoms with Gasteiger partial charge in [-0.05, 0) is 66.6 Å². The van der Waals surface area contributed by atoms with E-state index >= 15 is 0 Å². The molecule has 2 aromatic heterocycles. The second-order valence-electron chi connectivity index (χ2n) is 8.96. The van der Waals surface area contributed by atoms with Gasteiger partial charge in [-0.2, -0.15) is 0 Å². The first-order valence-electron chi connectivity index (χ1n) is 11.4. The van der Waals surface area contributed by atoms with E-state index in [1.165, 1.54) is 5.56 Å². The Bertz CT molecular complexity index is 1410. The molecule has 0 N–H and O–H groups in total. The molecule has 6 nitrogen and oxygen atoms in total. The number of hydrogen-bond acceptors (Lipinski definition) is 6. The number of nitrogens with zero attached hydrogens (tertiary/aromatic N) is 3. The van der Waals surface area contributed by atoms with Crippen LogP contribution in [0.3, 0.4) is 0 Å². The molecule has 0 amide bonds. The molecule has 1 aliphatic carbocycles. The molecule has 0 atom stereocenters. The third-order valence-corrected chi connectivity index (χ3v) is 7.34. The Kier molecular flexibility index (Phi) is 6.40. The summed E-state index contributed by atoms with van der Waals surface area (Å²) in [7, 11) is 0. The largest absolute Gasteiger partial charge is 0.484 e. The molecule has 2 aromatic carbocycles. The van der Waals surface area contributed by atoms with Crippen LogP contribution in [0, 0.1) is 6.92 Å². The Morgan fingerprint density at radius 3 is 2.74 bits per heavy atom. The highest BCUT2D eigenvalue weighted by molar-refractivity contribution is 7.98. The van der Waals surface area contributed by atoms with Crippen molar-refractivity contribution >= 4 is 34.3 Å². The fourth-order valence-corrected chi connectivity index (χ4v) is 5.39. The van der Waals surface area contributed by atoms with Gasteiger partial charge >= 0.3 is 5.63 Å². The molecular formula is C26H26ClN3O3S. The van der Waals surface area contributed by atoms with Crippen LogP contribution in [0.5, 0.6) is 5.75 Å². The number of fused-ring (bicyclic) bond motifs is 1. The van der Waals surface area contributed by atoms with Gasteiger partial charge in [-0.3, -0.25) is 4.57 Å². The van der Waals surface area contributed by atoms with Gasteiger partial charge in [-0.15, -0.1) is 10.2 Å². The van der Waals surface area contributed by atoms with E-state index in [2.05, 4.69) is 41.6 Å². The Morgan fingerprint density at radius 1 is 1.21 bits per heavy atom. The zero-order valence-electron chi connectivity index (χ0n) is 19.4. The minimum Gasteiger partial charge on any atom is -0.484 e. The number of rotatable bonds is 8. The SMILES string of the molecule is Cc1cc2oc(=O)cc(CSc3nnc(COc4ccccc4Cl)n3C3CC3)c2cc1C(C)C. The van der Waals surface area contributed by atoms with E-state index in [4.69, 9.17) is 20.8 Å². The van der Waals surface area contributed by atoms with Gasteiger partial charge in [0.25, 0.3) is 0 Å². The second kappa shape index (κ2) is 9.47. The molecule has 5 rings (SSSR count). The lowest BCUT2D eigenvalue weighted by Gasteiger charge is -2.13. The number of hydrogen-bond donors (Lipinski definition) is 0. The highest BCUT2D eigenvalue weighted by Crippen LogP contribution is 2.40. The number of aromatic nitrogens is 3. The van der Waals surface area contributed by atoms with Crippen molar-refractivity contribution in [3.63, 3.8) is 0 Å². The van der Waals surface area contributed by atoms with Crippen molar-refractivity contribution in [2.45, 2.75) is 63.1 Å². The van der Waals surface area contributed by atoms with Gasteiger partial charge in [0.1, 0.15) is 17.9 Å². The molecule has 0 unspecified atom stereocenters. The highest BCUT2D eigenvalue weighted by Gasteiger charge is 2.30. The van der Waals surface area contributed by atoms with Crippen molar-refractivity contribution in [3.8, 4) is 5.75 Å². The number of aryl methyl sites for hydroxylation is 1. The summed E-state index contributed by atoms with van der Waals surface area (Å²) in [6.45, 7) is 6.70. The molecule has 0 radical (unpaired) electrons. The molecule has 0 bridgehead atoms. The van der Waals surface area contributed by atoms with Gasteiger partial charge < -0.3 is 9.15 Å². The van der Waals surface area contributed by atoms with Crippen molar-refractivity contribution in [1.82, 2.24) is 14.8 Å².